The summed E-state index contributed by atoms with van der Waals surface area (Å²) < 4.78 is 24.1. The summed E-state index contributed by atoms with van der Waals surface area (Å²) in [6, 6.07) is 10.1. The lowest BCUT2D eigenvalue weighted by molar-refractivity contribution is 0.598. The monoisotopic (exact) mass is 452 g/mol. The molecule has 0 amide bonds. The Hall–Kier alpha value is -0.600. The molecule has 0 bridgehead atoms. The van der Waals surface area contributed by atoms with Gasteiger partial charge in [0.1, 0.15) is 0 Å². The van der Waals surface area contributed by atoms with E-state index in [2.05, 4.69) is 37.2 Å². The van der Waals surface area contributed by atoms with Crippen molar-refractivity contribution in [2.24, 2.45) is 5.14 Å². The number of nitrogens with two attached hydrogens (primary N) is 1. The average Bonchev–Trinajstić information content (AvgIpc) is 2.38. The van der Waals surface area contributed by atoms with Crippen LogP contribution in [0.3, 0.4) is 0 Å². The van der Waals surface area contributed by atoms with Gasteiger partial charge >= 0.3 is 0 Å². The first-order chi connectivity index (χ1) is 9.77. The summed E-state index contributed by atoms with van der Waals surface area (Å²) in [5.74, 6) is 0. The van der Waals surface area contributed by atoms with Crippen LogP contribution in [0.1, 0.15) is 5.56 Å². The highest BCUT2D eigenvalue weighted by molar-refractivity contribution is 9.11. The highest BCUT2D eigenvalue weighted by Gasteiger charge is 2.10. The summed E-state index contributed by atoms with van der Waals surface area (Å²) in [7, 11) is -3.70. The molecule has 3 N–H and O–H groups in total. The van der Waals surface area contributed by atoms with Gasteiger partial charge in [-0.25, -0.2) is 13.6 Å². The molecule has 0 fully saturated rings. The fraction of sp³-hybridized carbons (Fsp3) is 0.0769. The molecule has 0 atom stereocenters. The predicted octanol–water partition coefficient (Wildman–Crippen LogP) is 4.12. The number of sulfonamides is 1. The van der Waals surface area contributed by atoms with Gasteiger partial charge in [-0.3, -0.25) is 0 Å². The number of hydrogen-bond donors (Lipinski definition) is 2. The van der Waals surface area contributed by atoms with E-state index in [4.69, 9.17) is 16.7 Å². The van der Waals surface area contributed by atoms with E-state index in [1.165, 1.54) is 12.1 Å². The molecule has 4 nitrogen and oxygen atoms in total. The standard InChI is InChI=1S/C13H11Br2ClN2O2S/c14-11-5-9(16)2-1-8(11)7-18-13-4-3-10(6-12(13)15)21(17,19)20/h1-6,18H,7H2,(H2,17,19,20). The van der Waals surface area contributed by atoms with Crippen molar-refractivity contribution in [2.75, 3.05) is 5.32 Å². The van der Waals surface area contributed by atoms with Crippen molar-refractivity contribution < 1.29 is 8.42 Å². The van der Waals surface area contributed by atoms with Crippen molar-refractivity contribution in [3.63, 3.8) is 0 Å². The minimum atomic E-state index is -3.70. The highest BCUT2D eigenvalue weighted by atomic mass is 79.9. The molecule has 0 radical (unpaired) electrons. The minimum absolute atomic E-state index is 0.0626. The van der Waals surface area contributed by atoms with Gasteiger partial charge in [0.25, 0.3) is 0 Å². The molecule has 0 aliphatic carbocycles. The normalized spacial score (nSPS) is 11.4. The van der Waals surface area contributed by atoms with Gasteiger partial charge in [0, 0.05) is 26.2 Å². The zero-order chi connectivity index (χ0) is 15.6. The van der Waals surface area contributed by atoms with Crippen LogP contribution in [0.2, 0.25) is 5.02 Å². The van der Waals surface area contributed by atoms with Crippen molar-refractivity contribution >= 4 is 59.2 Å². The Morgan fingerprint density at radius 3 is 2.38 bits per heavy atom. The van der Waals surface area contributed by atoms with Crippen molar-refractivity contribution in [1.82, 2.24) is 0 Å². The van der Waals surface area contributed by atoms with Crippen molar-refractivity contribution in [1.29, 1.82) is 0 Å². The number of hydrogen-bond acceptors (Lipinski definition) is 3. The fourth-order valence-electron chi connectivity index (χ4n) is 1.67. The van der Waals surface area contributed by atoms with Crippen LogP contribution in [0.4, 0.5) is 5.69 Å². The number of benzene rings is 2. The van der Waals surface area contributed by atoms with Gasteiger partial charge in [-0.15, -0.1) is 0 Å². The minimum Gasteiger partial charge on any atom is -0.380 e. The van der Waals surface area contributed by atoms with E-state index in [1.807, 2.05) is 18.2 Å². The third-order valence-electron chi connectivity index (χ3n) is 2.75. The van der Waals surface area contributed by atoms with Crippen LogP contribution in [-0.4, -0.2) is 8.42 Å². The van der Waals surface area contributed by atoms with E-state index in [0.29, 0.717) is 16.0 Å². The van der Waals surface area contributed by atoms with Crippen LogP contribution in [0, 0.1) is 0 Å². The third-order valence-corrected chi connectivity index (χ3v) is 5.29. The van der Waals surface area contributed by atoms with E-state index in [1.54, 1.807) is 6.07 Å². The fourth-order valence-corrected chi connectivity index (χ4v) is 3.70. The molecule has 0 heterocycles. The number of primary sulfonamides is 1. The summed E-state index contributed by atoms with van der Waals surface area (Å²) in [6.07, 6.45) is 0. The van der Waals surface area contributed by atoms with Crippen LogP contribution in [0.25, 0.3) is 0 Å². The zero-order valence-corrected chi connectivity index (χ0v) is 15.4. The van der Waals surface area contributed by atoms with Crippen LogP contribution < -0.4 is 10.5 Å². The topological polar surface area (TPSA) is 72.2 Å². The van der Waals surface area contributed by atoms with E-state index in [-0.39, 0.29) is 4.90 Å². The van der Waals surface area contributed by atoms with Gasteiger partial charge in [0.05, 0.1) is 4.90 Å². The van der Waals surface area contributed by atoms with Crippen LogP contribution in [-0.2, 0) is 16.6 Å². The molecule has 0 unspecified atom stereocenters. The molecule has 0 spiro atoms. The van der Waals surface area contributed by atoms with Gasteiger partial charge in [-0.05, 0) is 51.8 Å². The van der Waals surface area contributed by atoms with Crippen molar-refractivity contribution in [2.45, 2.75) is 11.4 Å². The smallest absolute Gasteiger partial charge is 0.238 e. The average molecular weight is 455 g/mol. The lowest BCUT2D eigenvalue weighted by atomic mass is 10.2. The Morgan fingerprint density at radius 2 is 1.81 bits per heavy atom. The van der Waals surface area contributed by atoms with Gasteiger partial charge < -0.3 is 5.32 Å². The van der Waals surface area contributed by atoms with Crippen LogP contribution in [0.15, 0.2) is 50.2 Å². The van der Waals surface area contributed by atoms with Crippen LogP contribution in [0.5, 0.6) is 0 Å². The molecule has 21 heavy (non-hydrogen) atoms. The molecule has 112 valence electrons. The maximum atomic E-state index is 11.3. The van der Waals surface area contributed by atoms with Crippen molar-refractivity contribution in [3.8, 4) is 0 Å². The Morgan fingerprint density at radius 1 is 1.10 bits per heavy atom. The molecule has 0 aliphatic heterocycles. The maximum Gasteiger partial charge on any atom is 0.238 e. The van der Waals surface area contributed by atoms with Crippen LogP contribution >= 0.6 is 43.5 Å². The molecule has 2 aromatic carbocycles. The third kappa shape index (κ3) is 4.43. The first-order valence-electron chi connectivity index (χ1n) is 5.77. The number of nitrogens with one attached hydrogen (secondary N) is 1. The number of halogens is 3. The highest BCUT2D eigenvalue weighted by Crippen LogP contribution is 2.27. The summed E-state index contributed by atoms with van der Waals surface area (Å²) >= 11 is 12.7. The van der Waals surface area contributed by atoms with E-state index in [0.717, 1.165) is 15.7 Å². The Kier molecular flexibility index (Phi) is 5.32. The second kappa shape index (κ2) is 6.66. The van der Waals surface area contributed by atoms with E-state index in [9.17, 15) is 8.42 Å². The molecule has 8 heteroatoms. The molecule has 0 aromatic heterocycles. The molecular formula is C13H11Br2ClN2O2S. The molecule has 0 aliphatic rings. The summed E-state index contributed by atoms with van der Waals surface area (Å²) in [5, 5.41) is 8.96. The second-order valence-electron chi connectivity index (χ2n) is 4.28. The molecule has 2 rings (SSSR count). The quantitative estimate of drug-likeness (QED) is 0.730. The SMILES string of the molecule is NS(=O)(=O)c1ccc(NCc2ccc(Cl)cc2Br)c(Br)c1. The van der Waals surface area contributed by atoms with Gasteiger partial charge in [0.15, 0.2) is 0 Å². The maximum absolute atomic E-state index is 11.3. The van der Waals surface area contributed by atoms with Crippen molar-refractivity contribution in [3.05, 3.63) is 55.9 Å². The molecule has 0 saturated carbocycles. The lowest BCUT2D eigenvalue weighted by Crippen LogP contribution is -2.12. The number of anilines is 1. The Balaban J connectivity index is 2.17. The lowest BCUT2D eigenvalue weighted by Gasteiger charge is -2.11. The van der Waals surface area contributed by atoms with Gasteiger partial charge in [0.2, 0.25) is 10.0 Å². The predicted molar refractivity (Wildman–Crippen MR) is 92.0 cm³/mol. The first kappa shape index (κ1) is 16.8. The largest absolute Gasteiger partial charge is 0.380 e. The Labute approximate surface area is 145 Å². The van der Waals surface area contributed by atoms with E-state index < -0.39 is 10.0 Å². The van der Waals surface area contributed by atoms with E-state index >= 15 is 0 Å². The summed E-state index contributed by atoms with van der Waals surface area (Å²) in [4.78, 5) is 0.0626. The summed E-state index contributed by atoms with van der Waals surface area (Å²) in [6.45, 7) is 0.561. The zero-order valence-electron chi connectivity index (χ0n) is 10.6. The van der Waals surface area contributed by atoms with Gasteiger partial charge in [-0.2, -0.15) is 0 Å². The first-order valence-corrected chi connectivity index (χ1v) is 9.28. The Bertz CT molecular complexity index is 782. The van der Waals surface area contributed by atoms with Gasteiger partial charge in [-0.1, -0.05) is 33.6 Å². The molecule has 2 aromatic rings. The molecule has 0 saturated heterocycles. The molecular weight excluding hydrogens is 443 g/mol. The second-order valence-corrected chi connectivity index (χ2v) is 7.98. The number of rotatable bonds is 4. The summed E-state index contributed by atoms with van der Waals surface area (Å²) in [5.41, 5.74) is 1.80.